The molecule has 172 valence electrons. The Balaban J connectivity index is 1.64. The summed E-state index contributed by atoms with van der Waals surface area (Å²) in [7, 11) is -3.12. The lowest BCUT2D eigenvalue weighted by Crippen LogP contribution is -2.36. The molecular formula is C20H23ClN4O4S3. The van der Waals surface area contributed by atoms with Crippen LogP contribution in [0, 0.1) is 5.92 Å². The topological polar surface area (TPSA) is 118 Å². The maximum Gasteiger partial charge on any atom is 0.276 e. The van der Waals surface area contributed by atoms with Crippen molar-refractivity contribution < 1.29 is 18.0 Å². The van der Waals surface area contributed by atoms with Gasteiger partial charge in [0.1, 0.15) is 5.00 Å². The molecule has 3 heterocycles. The minimum Gasteiger partial charge on any atom is -0.348 e. The van der Waals surface area contributed by atoms with E-state index in [0.717, 1.165) is 29.7 Å². The molecule has 2 aliphatic rings. The van der Waals surface area contributed by atoms with Gasteiger partial charge in [-0.15, -0.1) is 11.3 Å². The van der Waals surface area contributed by atoms with Gasteiger partial charge < -0.3 is 10.6 Å². The van der Waals surface area contributed by atoms with Gasteiger partial charge in [0.2, 0.25) is 0 Å². The summed E-state index contributed by atoms with van der Waals surface area (Å²) in [6.07, 6.45) is 6.09. The second kappa shape index (κ2) is 9.28. The first kappa shape index (κ1) is 23.5. The van der Waals surface area contributed by atoms with Gasteiger partial charge in [0, 0.05) is 10.9 Å². The number of thioether (sulfide) groups is 1. The number of carbonyl (C=O) groups is 2. The van der Waals surface area contributed by atoms with Gasteiger partial charge in [0.15, 0.2) is 20.7 Å². The summed E-state index contributed by atoms with van der Waals surface area (Å²) < 4.78 is 23.6. The van der Waals surface area contributed by atoms with Crippen molar-refractivity contribution in [3.63, 3.8) is 0 Å². The number of hydrogen-bond donors (Lipinski definition) is 2. The number of nitrogens with zero attached hydrogens (tertiary/aromatic N) is 2. The highest BCUT2D eigenvalue weighted by atomic mass is 35.5. The minimum atomic E-state index is -3.12. The number of carbonyl (C=O) groups excluding carboxylic acids is 2. The third kappa shape index (κ3) is 4.95. The minimum absolute atomic E-state index is 0.0407. The van der Waals surface area contributed by atoms with Crippen LogP contribution in [-0.4, -0.2) is 54.0 Å². The lowest BCUT2D eigenvalue weighted by Gasteiger charge is -2.19. The Kier molecular flexibility index (Phi) is 6.81. The van der Waals surface area contributed by atoms with Gasteiger partial charge in [-0.05, 0) is 43.4 Å². The highest BCUT2D eigenvalue weighted by Crippen LogP contribution is 2.40. The van der Waals surface area contributed by atoms with E-state index >= 15 is 0 Å². The van der Waals surface area contributed by atoms with E-state index < -0.39 is 21.8 Å². The van der Waals surface area contributed by atoms with Crippen LogP contribution in [-0.2, 0) is 22.7 Å². The Morgan fingerprint density at radius 1 is 1.28 bits per heavy atom. The smallest absolute Gasteiger partial charge is 0.276 e. The summed E-state index contributed by atoms with van der Waals surface area (Å²) in [4.78, 5) is 35.5. The van der Waals surface area contributed by atoms with Gasteiger partial charge in [-0.1, -0.05) is 30.3 Å². The summed E-state index contributed by atoms with van der Waals surface area (Å²) in [6.45, 7) is 2.16. The van der Waals surface area contributed by atoms with Gasteiger partial charge in [-0.25, -0.2) is 18.4 Å². The lowest BCUT2D eigenvalue weighted by molar-refractivity contribution is 0.0941. The maximum absolute atomic E-state index is 13.2. The van der Waals surface area contributed by atoms with E-state index in [1.807, 2.05) is 0 Å². The van der Waals surface area contributed by atoms with Crippen LogP contribution >= 0.6 is 34.7 Å². The Labute approximate surface area is 199 Å². The second-order valence-electron chi connectivity index (χ2n) is 8.14. The van der Waals surface area contributed by atoms with Crippen molar-refractivity contribution in [2.75, 3.05) is 23.1 Å². The molecule has 2 aromatic heterocycles. The first-order chi connectivity index (χ1) is 15.2. The van der Waals surface area contributed by atoms with Crippen molar-refractivity contribution in [2.24, 2.45) is 5.92 Å². The van der Waals surface area contributed by atoms with Crippen LogP contribution in [0.4, 0.5) is 5.00 Å². The fraction of sp³-hybridized carbons (Fsp3) is 0.500. The maximum atomic E-state index is 13.2. The van der Waals surface area contributed by atoms with Crippen LogP contribution in [0.2, 0.25) is 5.02 Å². The number of anilines is 1. The van der Waals surface area contributed by atoms with E-state index in [4.69, 9.17) is 11.6 Å². The highest BCUT2D eigenvalue weighted by Gasteiger charge is 2.33. The van der Waals surface area contributed by atoms with Gasteiger partial charge in [0.25, 0.3) is 11.8 Å². The molecule has 32 heavy (non-hydrogen) atoms. The Morgan fingerprint density at radius 2 is 2.06 bits per heavy atom. The van der Waals surface area contributed by atoms with E-state index in [1.165, 1.54) is 29.3 Å². The fourth-order valence-electron chi connectivity index (χ4n) is 4.02. The van der Waals surface area contributed by atoms with Crippen LogP contribution in [0.5, 0.6) is 0 Å². The first-order valence-electron chi connectivity index (χ1n) is 10.2. The Morgan fingerprint density at radius 3 is 2.75 bits per heavy atom. The monoisotopic (exact) mass is 514 g/mol. The van der Waals surface area contributed by atoms with E-state index in [1.54, 1.807) is 6.26 Å². The fourth-order valence-corrected chi connectivity index (χ4v) is 7.61. The lowest BCUT2D eigenvalue weighted by atomic mass is 9.88. The summed E-state index contributed by atoms with van der Waals surface area (Å²) in [5.41, 5.74) is 1.39. The Bertz CT molecular complexity index is 1180. The number of sulfone groups is 1. The quantitative estimate of drug-likeness (QED) is 0.464. The van der Waals surface area contributed by atoms with Crippen LogP contribution in [0.1, 0.15) is 51.1 Å². The van der Waals surface area contributed by atoms with Crippen molar-refractivity contribution >= 4 is 61.4 Å². The number of aromatic nitrogens is 2. The predicted octanol–water partition coefficient (Wildman–Crippen LogP) is 3.21. The average molecular weight is 515 g/mol. The van der Waals surface area contributed by atoms with E-state index in [-0.39, 0.29) is 28.1 Å². The number of fused-ring (bicyclic) bond motifs is 1. The van der Waals surface area contributed by atoms with E-state index in [0.29, 0.717) is 28.1 Å². The number of rotatable bonds is 5. The van der Waals surface area contributed by atoms with Crippen LogP contribution in [0.25, 0.3) is 0 Å². The normalized spacial score (nSPS) is 21.7. The molecule has 4 rings (SSSR count). The molecule has 12 heteroatoms. The zero-order valence-electron chi connectivity index (χ0n) is 17.6. The largest absolute Gasteiger partial charge is 0.348 e. The predicted molar refractivity (Wildman–Crippen MR) is 127 cm³/mol. The van der Waals surface area contributed by atoms with Gasteiger partial charge >= 0.3 is 0 Å². The van der Waals surface area contributed by atoms with Crippen LogP contribution in [0.3, 0.4) is 0 Å². The number of thiophene rings is 1. The van der Waals surface area contributed by atoms with Crippen LogP contribution < -0.4 is 10.6 Å². The molecule has 0 spiro atoms. The summed E-state index contributed by atoms with van der Waals surface area (Å²) in [5, 5.41) is 6.67. The third-order valence-corrected chi connectivity index (χ3v) is 9.43. The summed E-state index contributed by atoms with van der Waals surface area (Å²) in [6, 6.07) is -0.422. The third-order valence-electron chi connectivity index (χ3n) is 5.65. The SMILES string of the molecule is CSc1ncc(Cl)c(C(=O)Nc2sc3c(c2C(=O)N[C@H]2CCS(=O)(=O)C2)CC[C@H](C)C3)n1. The molecule has 0 saturated carbocycles. The van der Waals surface area contributed by atoms with Crippen molar-refractivity contribution in [3.05, 3.63) is 32.9 Å². The number of nitrogens with one attached hydrogen (secondary N) is 2. The molecule has 1 aliphatic carbocycles. The molecule has 0 unspecified atom stereocenters. The molecule has 1 saturated heterocycles. The van der Waals surface area contributed by atoms with Gasteiger partial charge in [-0.2, -0.15) is 0 Å². The number of amides is 2. The molecular weight excluding hydrogens is 492 g/mol. The van der Waals surface area contributed by atoms with E-state index in [2.05, 4.69) is 27.5 Å². The highest BCUT2D eigenvalue weighted by molar-refractivity contribution is 7.98. The van der Waals surface area contributed by atoms with Crippen molar-refractivity contribution in [1.82, 2.24) is 15.3 Å². The molecule has 0 radical (unpaired) electrons. The van der Waals surface area contributed by atoms with Gasteiger partial charge in [0.05, 0.1) is 28.3 Å². The number of halogens is 1. The zero-order chi connectivity index (χ0) is 23.0. The second-order valence-corrected chi connectivity index (χ2v) is 12.7. The van der Waals surface area contributed by atoms with Crippen molar-refractivity contribution in [2.45, 2.75) is 43.8 Å². The molecule has 8 nitrogen and oxygen atoms in total. The summed E-state index contributed by atoms with van der Waals surface area (Å²) >= 11 is 8.83. The Hall–Kier alpha value is -1.69. The molecule has 1 fully saturated rings. The van der Waals surface area contributed by atoms with Crippen molar-refractivity contribution in [1.29, 1.82) is 0 Å². The van der Waals surface area contributed by atoms with Crippen molar-refractivity contribution in [3.8, 4) is 0 Å². The molecule has 2 aromatic rings. The average Bonchev–Trinajstić information content (AvgIpc) is 3.26. The van der Waals surface area contributed by atoms with Crippen LogP contribution in [0.15, 0.2) is 11.4 Å². The summed E-state index contributed by atoms with van der Waals surface area (Å²) in [5.74, 6) is -0.367. The molecule has 2 N–H and O–H groups in total. The molecule has 1 aliphatic heterocycles. The molecule has 2 amide bonds. The van der Waals surface area contributed by atoms with Gasteiger partial charge in [-0.3, -0.25) is 9.59 Å². The van der Waals surface area contributed by atoms with E-state index in [9.17, 15) is 18.0 Å². The first-order valence-corrected chi connectivity index (χ1v) is 14.4. The molecule has 0 aromatic carbocycles. The zero-order valence-corrected chi connectivity index (χ0v) is 20.8. The molecule has 0 bridgehead atoms. The molecule has 2 atom stereocenters. The standard InChI is InChI=1S/C20H23ClN4O4S3/c1-10-3-4-12-14(7-10)31-19(15(12)17(26)23-11-5-6-32(28,29)9-11)25-18(27)16-13(21)8-22-20(24-16)30-2/h8,10-11H,3-7,9H2,1-2H3,(H,23,26)(H,25,27)/t10-,11-/m0/s1. The number of hydrogen-bond acceptors (Lipinski definition) is 8.